The molecule has 4 rings (SSSR count). The molecule has 0 amide bonds. The van der Waals surface area contributed by atoms with Gasteiger partial charge in [0.2, 0.25) is 0 Å². The zero-order chi connectivity index (χ0) is 13.4. The average molecular weight is 277 g/mol. The molecule has 0 aromatic carbocycles. The third-order valence-corrected chi connectivity index (χ3v) is 6.50. The minimum absolute atomic E-state index is 0.791. The van der Waals surface area contributed by atoms with Crippen molar-refractivity contribution in [1.82, 2.24) is 15.1 Å². The van der Waals surface area contributed by atoms with Crippen molar-refractivity contribution in [2.75, 3.05) is 32.7 Å². The average Bonchev–Trinajstić information content (AvgIpc) is 3.11. The van der Waals surface area contributed by atoms with Gasteiger partial charge in [0.05, 0.1) is 0 Å². The molecule has 3 saturated heterocycles. The topological polar surface area (TPSA) is 18.5 Å². The number of nitrogens with one attached hydrogen (secondary N) is 1. The van der Waals surface area contributed by atoms with Gasteiger partial charge in [-0.1, -0.05) is 19.3 Å². The van der Waals surface area contributed by atoms with Crippen LogP contribution in [0.3, 0.4) is 0 Å². The molecule has 3 heterocycles. The van der Waals surface area contributed by atoms with Crippen LogP contribution in [-0.4, -0.2) is 60.6 Å². The minimum Gasteiger partial charge on any atom is -0.311 e. The highest BCUT2D eigenvalue weighted by atomic mass is 15.3. The van der Waals surface area contributed by atoms with Crippen molar-refractivity contribution >= 4 is 0 Å². The van der Waals surface area contributed by atoms with E-state index in [0.29, 0.717) is 0 Å². The van der Waals surface area contributed by atoms with E-state index in [0.717, 1.165) is 24.0 Å². The Bertz CT molecular complexity index is 326. The molecule has 0 aromatic rings. The predicted molar refractivity (Wildman–Crippen MR) is 82.9 cm³/mol. The van der Waals surface area contributed by atoms with Gasteiger partial charge in [-0.15, -0.1) is 0 Å². The lowest BCUT2D eigenvalue weighted by atomic mass is 9.83. The Balaban J connectivity index is 1.39. The van der Waals surface area contributed by atoms with Gasteiger partial charge in [-0.3, -0.25) is 9.80 Å². The van der Waals surface area contributed by atoms with Crippen molar-refractivity contribution in [3.8, 4) is 0 Å². The van der Waals surface area contributed by atoms with E-state index in [1.165, 1.54) is 84.1 Å². The van der Waals surface area contributed by atoms with Gasteiger partial charge in [-0.2, -0.15) is 0 Å². The van der Waals surface area contributed by atoms with Crippen molar-refractivity contribution < 1.29 is 0 Å². The molecule has 3 nitrogen and oxygen atoms in total. The van der Waals surface area contributed by atoms with Crippen LogP contribution in [-0.2, 0) is 0 Å². The first-order valence-electron chi connectivity index (χ1n) is 9.13. The molecule has 1 saturated carbocycles. The van der Waals surface area contributed by atoms with E-state index in [9.17, 15) is 0 Å². The van der Waals surface area contributed by atoms with Crippen molar-refractivity contribution in [3.63, 3.8) is 0 Å². The van der Waals surface area contributed by atoms with E-state index >= 15 is 0 Å². The van der Waals surface area contributed by atoms with Crippen LogP contribution in [0.4, 0.5) is 0 Å². The smallest absolute Gasteiger partial charge is 0.0264 e. The van der Waals surface area contributed by atoms with E-state index in [1.54, 1.807) is 0 Å². The number of hydrogen-bond acceptors (Lipinski definition) is 3. The van der Waals surface area contributed by atoms with Crippen LogP contribution in [0.25, 0.3) is 0 Å². The summed E-state index contributed by atoms with van der Waals surface area (Å²) >= 11 is 0. The van der Waals surface area contributed by atoms with Crippen molar-refractivity contribution in [2.24, 2.45) is 5.92 Å². The Morgan fingerprint density at radius 1 is 0.700 bits per heavy atom. The van der Waals surface area contributed by atoms with E-state index in [2.05, 4.69) is 15.1 Å². The number of fused-ring (bicyclic) bond motifs is 1. The number of rotatable bonds is 2. The molecule has 0 spiro atoms. The molecule has 3 unspecified atom stereocenters. The monoisotopic (exact) mass is 277 g/mol. The predicted octanol–water partition coefficient (Wildman–Crippen LogP) is 2.08. The Morgan fingerprint density at radius 3 is 2.45 bits per heavy atom. The van der Waals surface area contributed by atoms with Crippen LogP contribution in [0.5, 0.6) is 0 Å². The molecular weight excluding hydrogens is 246 g/mol. The van der Waals surface area contributed by atoms with Crippen molar-refractivity contribution in [3.05, 3.63) is 0 Å². The largest absolute Gasteiger partial charge is 0.311 e. The molecule has 3 aliphatic heterocycles. The fourth-order valence-electron chi connectivity index (χ4n) is 5.44. The summed E-state index contributed by atoms with van der Waals surface area (Å²) in [6.07, 6.45) is 11.7. The first-order valence-corrected chi connectivity index (χ1v) is 9.13. The van der Waals surface area contributed by atoms with E-state index in [1.807, 2.05) is 0 Å². The van der Waals surface area contributed by atoms with E-state index in [-0.39, 0.29) is 0 Å². The fraction of sp³-hybridized carbons (Fsp3) is 1.00. The highest BCUT2D eigenvalue weighted by Crippen LogP contribution is 2.33. The number of piperazine rings is 1. The summed E-state index contributed by atoms with van der Waals surface area (Å²) in [7, 11) is 0. The maximum absolute atomic E-state index is 3.85. The Hall–Kier alpha value is -0.120. The van der Waals surface area contributed by atoms with Gasteiger partial charge in [0.15, 0.2) is 0 Å². The summed E-state index contributed by atoms with van der Waals surface area (Å²) in [6.45, 7) is 6.59. The summed E-state index contributed by atoms with van der Waals surface area (Å²) in [5.41, 5.74) is 0. The molecule has 3 heteroatoms. The minimum atomic E-state index is 0.791. The lowest BCUT2D eigenvalue weighted by Crippen LogP contribution is -2.58. The summed E-state index contributed by atoms with van der Waals surface area (Å²) in [4.78, 5) is 5.63. The molecular formula is C17H31N3. The van der Waals surface area contributed by atoms with Crippen LogP contribution in [0.1, 0.15) is 51.4 Å². The van der Waals surface area contributed by atoms with Gasteiger partial charge in [-0.25, -0.2) is 0 Å². The van der Waals surface area contributed by atoms with E-state index in [4.69, 9.17) is 0 Å². The SMILES string of the molecule is C1CCC(C2CN(C3CCN4CCCC34)CCN2)CC1. The van der Waals surface area contributed by atoms with Crippen LogP contribution in [0.15, 0.2) is 0 Å². The van der Waals surface area contributed by atoms with Crippen molar-refractivity contribution in [1.29, 1.82) is 0 Å². The quantitative estimate of drug-likeness (QED) is 0.834. The van der Waals surface area contributed by atoms with Crippen LogP contribution >= 0.6 is 0 Å². The third kappa shape index (κ3) is 2.53. The number of hydrogen-bond donors (Lipinski definition) is 1. The van der Waals surface area contributed by atoms with Gasteiger partial charge in [0, 0.05) is 44.3 Å². The lowest BCUT2D eigenvalue weighted by Gasteiger charge is -2.43. The Kier molecular flexibility index (Phi) is 4.02. The van der Waals surface area contributed by atoms with Gasteiger partial charge < -0.3 is 5.32 Å². The number of nitrogens with zero attached hydrogens (tertiary/aromatic N) is 2. The second-order valence-corrected chi connectivity index (χ2v) is 7.56. The molecule has 4 aliphatic rings. The zero-order valence-electron chi connectivity index (χ0n) is 12.9. The molecule has 0 radical (unpaired) electrons. The van der Waals surface area contributed by atoms with Crippen LogP contribution in [0, 0.1) is 5.92 Å². The second-order valence-electron chi connectivity index (χ2n) is 7.56. The highest BCUT2D eigenvalue weighted by Gasteiger charge is 2.41. The van der Waals surface area contributed by atoms with Gasteiger partial charge in [0.1, 0.15) is 0 Å². The second kappa shape index (κ2) is 5.94. The summed E-state index contributed by atoms with van der Waals surface area (Å²) in [5, 5.41) is 3.85. The molecule has 1 N–H and O–H groups in total. The van der Waals surface area contributed by atoms with Crippen LogP contribution < -0.4 is 5.32 Å². The third-order valence-electron chi connectivity index (χ3n) is 6.50. The van der Waals surface area contributed by atoms with Gasteiger partial charge >= 0.3 is 0 Å². The van der Waals surface area contributed by atoms with E-state index < -0.39 is 0 Å². The summed E-state index contributed by atoms with van der Waals surface area (Å²) in [6, 6.07) is 2.57. The van der Waals surface area contributed by atoms with Gasteiger partial charge in [-0.05, 0) is 44.6 Å². The first kappa shape index (κ1) is 13.5. The molecule has 1 aliphatic carbocycles. The summed E-state index contributed by atoms with van der Waals surface area (Å²) in [5.74, 6) is 0.965. The normalized spacial score (nSPS) is 41.1. The Labute approximate surface area is 124 Å². The summed E-state index contributed by atoms with van der Waals surface area (Å²) < 4.78 is 0. The first-order chi connectivity index (χ1) is 9.92. The standard InChI is InChI=1S/C17H31N3/c1-2-5-14(6-3-1)15-13-20(12-9-18-15)17-8-11-19-10-4-7-16(17)19/h14-18H,1-13H2. The molecule has 4 fully saturated rings. The van der Waals surface area contributed by atoms with Crippen LogP contribution in [0.2, 0.25) is 0 Å². The molecule has 0 bridgehead atoms. The molecule has 20 heavy (non-hydrogen) atoms. The zero-order valence-corrected chi connectivity index (χ0v) is 12.9. The maximum Gasteiger partial charge on any atom is 0.0264 e. The Morgan fingerprint density at radius 2 is 1.55 bits per heavy atom. The van der Waals surface area contributed by atoms with Crippen molar-refractivity contribution in [2.45, 2.75) is 69.5 Å². The van der Waals surface area contributed by atoms with Gasteiger partial charge in [0.25, 0.3) is 0 Å². The maximum atomic E-state index is 3.85. The lowest BCUT2D eigenvalue weighted by molar-refractivity contribution is 0.0929. The molecule has 0 aromatic heterocycles. The fourth-order valence-corrected chi connectivity index (χ4v) is 5.44. The molecule has 3 atom stereocenters. The highest BCUT2D eigenvalue weighted by molar-refractivity contribution is 4.99. The molecule has 114 valence electrons.